The summed E-state index contributed by atoms with van der Waals surface area (Å²) in [6, 6.07) is 14.9. The Labute approximate surface area is 167 Å². The van der Waals surface area contributed by atoms with E-state index in [4.69, 9.17) is 9.47 Å². The molecule has 0 radical (unpaired) electrons. The van der Waals surface area contributed by atoms with Crippen LogP contribution in [-0.2, 0) is 4.74 Å². The van der Waals surface area contributed by atoms with Gasteiger partial charge in [-0.05, 0) is 24.3 Å². The Kier molecular flexibility index (Phi) is 6.20. The number of hydrogen-bond acceptors (Lipinski definition) is 6. The molecular weight excluding hydrogens is 376 g/mol. The third-order valence-corrected chi connectivity index (χ3v) is 4.18. The van der Waals surface area contributed by atoms with Crippen molar-refractivity contribution in [3.8, 4) is 22.7 Å². The van der Waals surface area contributed by atoms with Gasteiger partial charge >= 0.3 is 0 Å². The van der Waals surface area contributed by atoms with Crippen molar-refractivity contribution in [1.29, 1.82) is 0 Å². The molecule has 3 rings (SSSR count). The smallest absolute Gasteiger partial charge is 0.271 e. The first-order chi connectivity index (χ1) is 14.0. The number of ether oxygens (including phenoxy) is 2. The van der Waals surface area contributed by atoms with Crippen molar-refractivity contribution in [1.82, 2.24) is 15.1 Å². The summed E-state index contributed by atoms with van der Waals surface area (Å²) in [5.41, 5.74) is 1.85. The Hall–Kier alpha value is -3.72. The molecule has 1 aromatic heterocycles. The van der Waals surface area contributed by atoms with Gasteiger partial charge in [0.2, 0.25) is 0 Å². The van der Waals surface area contributed by atoms with Crippen molar-refractivity contribution in [2.75, 3.05) is 27.4 Å². The molecule has 150 valence electrons. The minimum absolute atomic E-state index is 0.0910. The van der Waals surface area contributed by atoms with Crippen LogP contribution in [0.4, 0.5) is 5.69 Å². The molecule has 0 saturated heterocycles. The molecule has 0 aliphatic rings. The second kappa shape index (κ2) is 8.98. The predicted molar refractivity (Wildman–Crippen MR) is 106 cm³/mol. The highest BCUT2D eigenvalue weighted by molar-refractivity contribution is 5.94. The van der Waals surface area contributed by atoms with Gasteiger partial charge in [-0.3, -0.25) is 14.9 Å². The van der Waals surface area contributed by atoms with Crippen LogP contribution in [0.25, 0.3) is 16.9 Å². The van der Waals surface area contributed by atoms with E-state index < -0.39 is 4.92 Å². The van der Waals surface area contributed by atoms with Gasteiger partial charge in [-0.1, -0.05) is 18.2 Å². The number of methoxy groups -OCH3 is 2. The topological polar surface area (TPSA) is 109 Å². The number of rotatable bonds is 8. The van der Waals surface area contributed by atoms with Gasteiger partial charge in [0.15, 0.2) is 0 Å². The number of hydrogen-bond donors (Lipinski definition) is 1. The van der Waals surface area contributed by atoms with Gasteiger partial charge in [0.05, 0.1) is 30.0 Å². The lowest BCUT2D eigenvalue weighted by Gasteiger charge is -2.08. The molecule has 0 aliphatic heterocycles. The van der Waals surface area contributed by atoms with E-state index in [0.29, 0.717) is 30.3 Å². The minimum atomic E-state index is -0.492. The van der Waals surface area contributed by atoms with Crippen LogP contribution in [0.15, 0.2) is 54.6 Å². The zero-order valence-electron chi connectivity index (χ0n) is 16.0. The molecule has 29 heavy (non-hydrogen) atoms. The summed E-state index contributed by atoms with van der Waals surface area (Å²) in [4.78, 5) is 23.4. The van der Waals surface area contributed by atoms with Crippen LogP contribution in [-0.4, -0.2) is 48.0 Å². The Morgan fingerprint density at radius 2 is 1.97 bits per heavy atom. The number of carbonyl (C=O) groups excluding carboxylic acids is 1. The van der Waals surface area contributed by atoms with E-state index in [1.807, 2.05) is 12.1 Å². The summed E-state index contributed by atoms with van der Waals surface area (Å²) in [6.45, 7) is 0.684. The molecule has 9 heteroatoms. The van der Waals surface area contributed by atoms with E-state index >= 15 is 0 Å². The van der Waals surface area contributed by atoms with E-state index in [9.17, 15) is 14.9 Å². The number of nitro groups is 1. The molecular formula is C20H20N4O5. The molecule has 1 N–H and O–H groups in total. The summed E-state index contributed by atoms with van der Waals surface area (Å²) in [7, 11) is 3.11. The van der Waals surface area contributed by atoms with Crippen LogP contribution >= 0.6 is 0 Å². The third-order valence-electron chi connectivity index (χ3n) is 4.18. The number of non-ortho nitro benzene ring substituents is 1. The molecule has 0 aliphatic carbocycles. The summed E-state index contributed by atoms with van der Waals surface area (Å²) in [5, 5.41) is 18.4. The lowest BCUT2D eigenvalue weighted by molar-refractivity contribution is -0.384. The number of aromatic nitrogens is 2. The van der Waals surface area contributed by atoms with Crippen molar-refractivity contribution >= 4 is 11.6 Å². The van der Waals surface area contributed by atoms with Crippen molar-refractivity contribution in [2.24, 2.45) is 0 Å². The average Bonchev–Trinajstić information content (AvgIpc) is 3.19. The largest absolute Gasteiger partial charge is 0.497 e. The zero-order chi connectivity index (χ0) is 20.8. The standard InChI is InChI=1S/C20H20N4O5/c1-28-10-9-21-20(25)19-13-18(14-5-3-8-17(11-14)29-2)22-23(19)15-6-4-7-16(12-15)24(26)27/h3-8,11-13H,9-10H2,1-2H3,(H,21,25). The molecule has 0 fully saturated rings. The fraction of sp³-hybridized carbons (Fsp3) is 0.200. The fourth-order valence-electron chi connectivity index (χ4n) is 2.76. The molecule has 1 amide bonds. The molecule has 0 spiro atoms. The lowest BCUT2D eigenvalue weighted by atomic mass is 10.1. The number of nitro benzene ring substituents is 1. The summed E-state index contributed by atoms with van der Waals surface area (Å²) in [6.07, 6.45) is 0. The van der Waals surface area contributed by atoms with Gasteiger partial charge < -0.3 is 14.8 Å². The van der Waals surface area contributed by atoms with Gasteiger partial charge in [-0.25, -0.2) is 4.68 Å². The van der Waals surface area contributed by atoms with Gasteiger partial charge in [-0.15, -0.1) is 0 Å². The Balaban J connectivity index is 2.07. The van der Waals surface area contributed by atoms with Crippen molar-refractivity contribution in [3.63, 3.8) is 0 Å². The molecule has 3 aromatic rings. The fourth-order valence-corrected chi connectivity index (χ4v) is 2.76. The van der Waals surface area contributed by atoms with Crippen LogP contribution in [0.1, 0.15) is 10.5 Å². The monoisotopic (exact) mass is 396 g/mol. The molecule has 9 nitrogen and oxygen atoms in total. The van der Waals surface area contributed by atoms with Crippen LogP contribution in [0.5, 0.6) is 5.75 Å². The molecule has 1 heterocycles. The number of nitrogens with zero attached hydrogens (tertiary/aromatic N) is 3. The maximum atomic E-state index is 12.7. The number of benzene rings is 2. The van der Waals surface area contributed by atoms with Crippen LogP contribution in [0.3, 0.4) is 0 Å². The highest BCUT2D eigenvalue weighted by Crippen LogP contribution is 2.26. The Morgan fingerprint density at radius 1 is 1.17 bits per heavy atom. The Morgan fingerprint density at radius 3 is 2.69 bits per heavy atom. The van der Waals surface area contributed by atoms with Gasteiger partial charge in [0.25, 0.3) is 11.6 Å². The maximum absolute atomic E-state index is 12.7. The van der Waals surface area contributed by atoms with Crippen LogP contribution < -0.4 is 10.1 Å². The normalized spacial score (nSPS) is 10.6. The molecule has 0 saturated carbocycles. The predicted octanol–water partition coefficient (Wildman–Crippen LogP) is 2.83. The van der Waals surface area contributed by atoms with Crippen molar-refractivity contribution < 1.29 is 19.2 Å². The van der Waals surface area contributed by atoms with E-state index in [1.54, 1.807) is 44.6 Å². The third kappa shape index (κ3) is 4.58. The molecule has 0 bridgehead atoms. The first-order valence-electron chi connectivity index (χ1n) is 8.80. The van der Waals surface area contributed by atoms with Gasteiger partial charge in [-0.2, -0.15) is 5.10 Å². The van der Waals surface area contributed by atoms with E-state index in [1.165, 1.54) is 16.8 Å². The summed E-state index contributed by atoms with van der Waals surface area (Å²) >= 11 is 0. The zero-order valence-corrected chi connectivity index (χ0v) is 16.0. The van der Waals surface area contributed by atoms with Crippen LogP contribution in [0.2, 0.25) is 0 Å². The van der Waals surface area contributed by atoms with E-state index in [2.05, 4.69) is 10.4 Å². The first-order valence-corrected chi connectivity index (χ1v) is 8.80. The van der Waals surface area contributed by atoms with Crippen molar-refractivity contribution in [3.05, 3.63) is 70.4 Å². The highest BCUT2D eigenvalue weighted by Gasteiger charge is 2.19. The summed E-state index contributed by atoms with van der Waals surface area (Å²) in [5.74, 6) is 0.286. The summed E-state index contributed by atoms with van der Waals surface area (Å²) < 4.78 is 11.6. The van der Waals surface area contributed by atoms with Gasteiger partial charge in [0.1, 0.15) is 11.4 Å². The van der Waals surface area contributed by atoms with Crippen molar-refractivity contribution in [2.45, 2.75) is 0 Å². The van der Waals surface area contributed by atoms with Crippen LogP contribution in [0, 0.1) is 10.1 Å². The SMILES string of the molecule is COCCNC(=O)c1cc(-c2cccc(OC)c2)nn1-c1cccc([N+](=O)[O-])c1. The average molecular weight is 396 g/mol. The second-order valence-corrected chi connectivity index (χ2v) is 6.08. The number of amides is 1. The van der Waals surface area contributed by atoms with Gasteiger partial charge in [0, 0.05) is 31.4 Å². The first kappa shape index (κ1) is 20.0. The molecule has 0 unspecified atom stereocenters. The number of nitrogens with one attached hydrogen (secondary N) is 1. The highest BCUT2D eigenvalue weighted by atomic mass is 16.6. The Bertz CT molecular complexity index is 1030. The number of carbonyl (C=O) groups is 1. The van der Waals surface area contributed by atoms with E-state index in [-0.39, 0.29) is 17.3 Å². The maximum Gasteiger partial charge on any atom is 0.271 e. The van der Waals surface area contributed by atoms with E-state index in [0.717, 1.165) is 5.56 Å². The molecule has 0 atom stereocenters. The second-order valence-electron chi connectivity index (χ2n) is 6.08. The lowest BCUT2D eigenvalue weighted by Crippen LogP contribution is -2.28. The quantitative estimate of drug-likeness (QED) is 0.356. The minimum Gasteiger partial charge on any atom is -0.497 e. The molecule has 2 aromatic carbocycles.